The van der Waals surface area contributed by atoms with Gasteiger partial charge in [0.2, 0.25) is 5.91 Å². The predicted octanol–water partition coefficient (Wildman–Crippen LogP) is 3.14. The summed E-state index contributed by atoms with van der Waals surface area (Å²) in [4.78, 5) is 28.2. The number of benzene rings is 1. The number of carbonyl (C=O) groups excluding carboxylic acids is 2. The van der Waals surface area contributed by atoms with Crippen LogP contribution < -0.4 is 10.6 Å². The quantitative estimate of drug-likeness (QED) is 0.815. The standard InChI is InChI=1S/C22H27N3O2S/c26-21(19-9-4-11-23-19)24-14-16-6-5-12-25(15-16)22(27)20-18(10-13-28-20)17-7-2-1-3-8-17/h1-3,7-8,10,13,16,19,23H,4-6,9,11-12,14-15H2,(H,24,26). The first-order valence-electron chi connectivity index (χ1n) is 10.2. The van der Waals surface area contributed by atoms with Gasteiger partial charge in [0.25, 0.3) is 5.91 Å². The fraction of sp³-hybridized carbons (Fsp3) is 0.455. The fourth-order valence-corrected chi connectivity index (χ4v) is 5.04. The molecule has 2 aliphatic rings. The lowest BCUT2D eigenvalue weighted by molar-refractivity contribution is -0.123. The summed E-state index contributed by atoms with van der Waals surface area (Å²) in [5.41, 5.74) is 2.09. The van der Waals surface area contributed by atoms with Crippen LogP contribution in [0, 0.1) is 5.92 Å². The highest BCUT2D eigenvalue weighted by Gasteiger charge is 2.28. The van der Waals surface area contributed by atoms with Gasteiger partial charge in [0.15, 0.2) is 0 Å². The summed E-state index contributed by atoms with van der Waals surface area (Å²) in [6.07, 6.45) is 4.02. The summed E-state index contributed by atoms with van der Waals surface area (Å²) in [5.74, 6) is 0.538. The average Bonchev–Trinajstić information content (AvgIpc) is 3.44. The molecular weight excluding hydrogens is 370 g/mol. The lowest BCUT2D eigenvalue weighted by Crippen LogP contribution is -2.46. The third-order valence-electron chi connectivity index (χ3n) is 5.69. The highest BCUT2D eigenvalue weighted by Crippen LogP contribution is 2.30. The summed E-state index contributed by atoms with van der Waals surface area (Å²) in [5, 5.41) is 8.32. The van der Waals surface area contributed by atoms with Crippen molar-refractivity contribution in [2.75, 3.05) is 26.2 Å². The molecule has 0 saturated carbocycles. The summed E-state index contributed by atoms with van der Waals surface area (Å²) in [7, 11) is 0. The van der Waals surface area contributed by atoms with Crippen molar-refractivity contribution in [3.63, 3.8) is 0 Å². The Morgan fingerprint density at radius 1 is 1.14 bits per heavy atom. The minimum Gasteiger partial charge on any atom is -0.354 e. The van der Waals surface area contributed by atoms with Crippen molar-refractivity contribution in [2.24, 2.45) is 5.92 Å². The molecule has 3 heterocycles. The van der Waals surface area contributed by atoms with E-state index < -0.39 is 0 Å². The minimum atomic E-state index is -0.0409. The molecule has 0 bridgehead atoms. The van der Waals surface area contributed by atoms with Gasteiger partial charge in [-0.25, -0.2) is 0 Å². The maximum absolute atomic E-state index is 13.2. The van der Waals surface area contributed by atoms with Crippen LogP contribution in [0.1, 0.15) is 35.4 Å². The minimum absolute atomic E-state index is 0.0409. The summed E-state index contributed by atoms with van der Waals surface area (Å²) >= 11 is 1.51. The van der Waals surface area contributed by atoms with Gasteiger partial charge in [0.1, 0.15) is 0 Å². The number of piperidine rings is 1. The molecule has 4 rings (SSSR count). The van der Waals surface area contributed by atoms with Crippen molar-refractivity contribution in [2.45, 2.75) is 31.7 Å². The van der Waals surface area contributed by atoms with E-state index in [1.165, 1.54) is 11.3 Å². The Balaban J connectivity index is 1.37. The summed E-state index contributed by atoms with van der Waals surface area (Å²) in [6.45, 7) is 3.08. The summed E-state index contributed by atoms with van der Waals surface area (Å²) < 4.78 is 0. The molecular formula is C22H27N3O2S. The monoisotopic (exact) mass is 397 g/mol. The van der Waals surface area contributed by atoms with Crippen LogP contribution >= 0.6 is 11.3 Å². The van der Waals surface area contributed by atoms with Gasteiger partial charge in [-0.1, -0.05) is 30.3 Å². The molecule has 0 aliphatic carbocycles. The average molecular weight is 398 g/mol. The Labute approximate surface area is 170 Å². The number of carbonyl (C=O) groups is 2. The van der Waals surface area contributed by atoms with E-state index in [1.807, 2.05) is 46.7 Å². The molecule has 6 heteroatoms. The Morgan fingerprint density at radius 3 is 2.79 bits per heavy atom. The van der Waals surface area contributed by atoms with E-state index in [1.54, 1.807) is 0 Å². The van der Waals surface area contributed by atoms with Crippen LogP contribution in [0.15, 0.2) is 41.8 Å². The van der Waals surface area contributed by atoms with Gasteiger partial charge >= 0.3 is 0 Å². The fourth-order valence-electron chi connectivity index (χ4n) is 4.16. The molecule has 148 valence electrons. The smallest absolute Gasteiger partial charge is 0.264 e. The third-order valence-corrected chi connectivity index (χ3v) is 6.59. The van der Waals surface area contributed by atoms with Gasteiger partial charge in [-0.3, -0.25) is 9.59 Å². The first-order valence-corrected chi connectivity index (χ1v) is 11.0. The molecule has 1 aromatic carbocycles. The van der Waals surface area contributed by atoms with E-state index in [0.29, 0.717) is 19.0 Å². The maximum Gasteiger partial charge on any atom is 0.264 e. The van der Waals surface area contributed by atoms with Gasteiger partial charge in [-0.05, 0) is 55.2 Å². The van der Waals surface area contributed by atoms with Crippen molar-refractivity contribution < 1.29 is 9.59 Å². The SMILES string of the molecule is O=C(NCC1CCCN(C(=O)c2sccc2-c2ccccc2)C1)C1CCCN1. The van der Waals surface area contributed by atoms with Crippen molar-refractivity contribution in [3.05, 3.63) is 46.7 Å². The van der Waals surface area contributed by atoms with Crippen molar-refractivity contribution in [3.8, 4) is 11.1 Å². The molecule has 5 nitrogen and oxygen atoms in total. The van der Waals surface area contributed by atoms with E-state index in [-0.39, 0.29) is 17.9 Å². The van der Waals surface area contributed by atoms with Crippen LogP contribution in [0.2, 0.25) is 0 Å². The number of nitrogens with zero attached hydrogens (tertiary/aromatic N) is 1. The van der Waals surface area contributed by atoms with E-state index in [0.717, 1.165) is 54.8 Å². The zero-order chi connectivity index (χ0) is 19.3. The van der Waals surface area contributed by atoms with Crippen LogP contribution in [0.5, 0.6) is 0 Å². The number of hydrogen-bond donors (Lipinski definition) is 2. The molecule has 1 aromatic heterocycles. The van der Waals surface area contributed by atoms with Gasteiger partial charge in [-0.2, -0.15) is 0 Å². The molecule has 2 N–H and O–H groups in total. The number of hydrogen-bond acceptors (Lipinski definition) is 4. The van der Waals surface area contributed by atoms with Crippen LogP contribution in [0.25, 0.3) is 11.1 Å². The maximum atomic E-state index is 13.2. The Hall–Kier alpha value is -2.18. The first kappa shape index (κ1) is 19.2. The molecule has 2 saturated heterocycles. The van der Waals surface area contributed by atoms with Crippen molar-refractivity contribution >= 4 is 23.2 Å². The zero-order valence-corrected chi connectivity index (χ0v) is 16.8. The summed E-state index contributed by atoms with van der Waals surface area (Å²) in [6, 6.07) is 12.1. The number of thiophene rings is 1. The van der Waals surface area contributed by atoms with Crippen molar-refractivity contribution in [1.29, 1.82) is 0 Å². The predicted molar refractivity (Wildman–Crippen MR) is 112 cm³/mol. The van der Waals surface area contributed by atoms with Crippen LogP contribution in [-0.4, -0.2) is 48.9 Å². The molecule has 2 unspecified atom stereocenters. The number of likely N-dealkylation sites (tertiary alicyclic amines) is 1. The number of amides is 2. The molecule has 2 aliphatic heterocycles. The zero-order valence-electron chi connectivity index (χ0n) is 16.0. The Bertz CT molecular complexity index is 814. The van der Waals surface area contributed by atoms with Crippen LogP contribution in [0.4, 0.5) is 0 Å². The van der Waals surface area contributed by atoms with Crippen LogP contribution in [0.3, 0.4) is 0 Å². The third kappa shape index (κ3) is 4.28. The second-order valence-electron chi connectivity index (χ2n) is 7.68. The molecule has 28 heavy (non-hydrogen) atoms. The highest BCUT2D eigenvalue weighted by molar-refractivity contribution is 7.12. The first-order chi connectivity index (χ1) is 13.7. The van der Waals surface area contributed by atoms with Gasteiger partial charge in [0, 0.05) is 25.2 Å². The normalized spacial score (nSPS) is 22.2. The number of rotatable bonds is 5. The lowest BCUT2D eigenvalue weighted by Gasteiger charge is -2.33. The van der Waals surface area contributed by atoms with E-state index in [4.69, 9.17) is 0 Å². The molecule has 0 radical (unpaired) electrons. The van der Waals surface area contributed by atoms with Crippen LogP contribution in [-0.2, 0) is 4.79 Å². The van der Waals surface area contributed by atoms with E-state index >= 15 is 0 Å². The van der Waals surface area contributed by atoms with E-state index in [2.05, 4.69) is 10.6 Å². The van der Waals surface area contributed by atoms with E-state index in [9.17, 15) is 9.59 Å². The van der Waals surface area contributed by atoms with Gasteiger partial charge in [-0.15, -0.1) is 11.3 Å². The van der Waals surface area contributed by atoms with Gasteiger partial charge < -0.3 is 15.5 Å². The lowest BCUT2D eigenvalue weighted by atomic mass is 9.97. The Kier molecular flexibility index (Phi) is 6.07. The van der Waals surface area contributed by atoms with Crippen molar-refractivity contribution in [1.82, 2.24) is 15.5 Å². The topological polar surface area (TPSA) is 61.4 Å². The van der Waals surface area contributed by atoms with Gasteiger partial charge in [0.05, 0.1) is 10.9 Å². The largest absolute Gasteiger partial charge is 0.354 e. The number of nitrogens with one attached hydrogen (secondary N) is 2. The molecule has 2 aromatic rings. The molecule has 2 amide bonds. The molecule has 2 atom stereocenters. The second-order valence-corrected chi connectivity index (χ2v) is 8.60. The second kappa shape index (κ2) is 8.88. The molecule has 2 fully saturated rings. The Morgan fingerprint density at radius 2 is 2.00 bits per heavy atom. The molecule has 0 spiro atoms. The highest BCUT2D eigenvalue weighted by atomic mass is 32.1.